The number of aromatic nitrogens is 2. The number of nitrogens with one attached hydrogen (secondary N) is 2. The van der Waals surface area contributed by atoms with E-state index in [0.717, 1.165) is 11.1 Å². The van der Waals surface area contributed by atoms with Crippen LogP contribution < -0.4 is 20.1 Å². The van der Waals surface area contributed by atoms with Gasteiger partial charge in [0.25, 0.3) is 0 Å². The Morgan fingerprint density at radius 2 is 2.00 bits per heavy atom. The van der Waals surface area contributed by atoms with Gasteiger partial charge in [-0.25, -0.2) is 4.39 Å². The quantitative estimate of drug-likeness (QED) is 0.506. The SMILES string of the molecule is C[C@@H](NC(=O)CSc1nnc(NCc2ccc(F)cc2)s1)c1ccc2c(c1)OCO2. The van der Waals surface area contributed by atoms with Crippen molar-refractivity contribution < 1.29 is 18.7 Å². The summed E-state index contributed by atoms with van der Waals surface area (Å²) in [5, 5.41) is 14.9. The number of nitrogens with zero attached hydrogens (tertiary/aromatic N) is 2. The van der Waals surface area contributed by atoms with Crippen molar-refractivity contribution in [2.24, 2.45) is 0 Å². The van der Waals surface area contributed by atoms with E-state index in [1.54, 1.807) is 12.1 Å². The largest absolute Gasteiger partial charge is 0.454 e. The summed E-state index contributed by atoms with van der Waals surface area (Å²) in [6, 6.07) is 11.7. The molecule has 1 atom stereocenters. The molecule has 0 fully saturated rings. The molecule has 10 heteroatoms. The zero-order valence-corrected chi connectivity index (χ0v) is 17.7. The summed E-state index contributed by atoms with van der Waals surface area (Å²) < 4.78 is 24.3. The maximum atomic E-state index is 12.9. The van der Waals surface area contributed by atoms with Crippen LogP contribution in [0.4, 0.5) is 9.52 Å². The van der Waals surface area contributed by atoms with E-state index in [-0.39, 0.29) is 30.3 Å². The lowest BCUT2D eigenvalue weighted by atomic mass is 10.1. The maximum Gasteiger partial charge on any atom is 0.231 e. The summed E-state index contributed by atoms with van der Waals surface area (Å²) in [6.07, 6.45) is 0. The van der Waals surface area contributed by atoms with Gasteiger partial charge in [-0.05, 0) is 42.3 Å². The van der Waals surface area contributed by atoms with Crippen molar-refractivity contribution in [1.29, 1.82) is 0 Å². The Morgan fingerprint density at radius 3 is 2.83 bits per heavy atom. The van der Waals surface area contributed by atoms with E-state index in [2.05, 4.69) is 20.8 Å². The molecule has 2 aromatic carbocycles. The zero-order valence-electron chi connectivity index (χ0n) is 16.1. The average molecular weight is 447 g/mol. The number of carbonyl (C=O) groups excluding carboxylic acids is 1. The van der Waals surface area contributed by atoms with Crippen molar-refractivity contribution in [2.75, 3.05) is 17.9 Å². The summed E-state index contributed by atoms with van der Waals surface area (Å²) >= 11 is 2.70. The van der Waals surface area contributed by atoms with E-state index < -0.39 is 0 Å². The third-order valence-electron chi connectivity index (χ3n) is 4.36. The topological polar surface area (TPSA) is 85.4 Å². The van der Waals surface area contributed by atoms with Crippen molar-refractivity contribution in [3.8, 4) is 11.5 Å². The molecule has 30 heavy (non-hydrogen) atoms. The monoisotopic (exact) mass is 446 g/mol. The molecule has 0 bridgehead atoms. The van der Waals surface area contributed by atoms with Crippen molar-refractivity contribution >= 4 is 34.1 Å². The van der Waals surface area contributed by atoms with E-state index in [0.29, 0.717) is 27.5 Å². The molecule has 1 aliphatic rings. The molecule has 7 nitrogen and oxygen atoms in total. The third-order valence-corrected chi connectivity index (χ3v) is 6.38. The molecule has 2 N–H and O–H groups in total. The van der Waals surface area contributed by atoms with E-state index in [4.69, 9.17) is 9.47 Å². The number of hydrogen-bond acceptors (Lipinski definition) is 8. The standard InChI is InChI=1S/C20H19FN4O3S2/c1-12(14-4-7-16-17(8-14)28-11-27-16)23-18(26)10-29-20-25-24-19(30-20)22-9-13-2-5-15(21)6-3-13/h2-8,12H,9-11H2,1H3,(H,22,24)(H,23,26)/t12-/m1/s1. The van der Waals surface area contributed by atoms with Gasteiger partial charge in [0.15, 0.2) is 15.8 Å². The van der Waals surface area contributed by atoms with Gasteiger partial charge in [-0.2, -0.15) is 0 Å². The molecule has 2 heterocycles. The summed E-state index contributed by atoms with van der Waals surface area (Å²) in [5.41, 5.74) is 1.89. The van der Waals surface area contributed by atoms with Crippen LogP contribution >= 0.6 is 23.1 Å². The van der Waals surface area contributed by atoms with E-state index in [9.17, 15) is 9.18 Å². The number of rotatable bonds is 8. The average Bonchev–Trinajstić information content (AvgIpc) is 3.40. The van der Waals surface area contributed by atoms with Crippen LogP contribution in [-0.4, -0.2) is 28.7 Å². The fourth-order valence-corrected chi connectivity index (χ4v) is 4.35. The number of anilines is 1. The Morgan fingerprint density at radius 1 is 1.20 bits per heavy atom. The second kappa shape index (κ2) is 9.31. The first-order valence-corrected chi connectivity index (χ1v) is 11.0. The van der Waals surface area contributed by atoms with Gasteiger partial charge in [0.05, 0.1) is 11.8 Å². The molecule has 1 aliphatic heterocycles. The Labute approximate surface area is 181 Å². The van der Waals surface area contributed by atoms with Gasteiger partial charge in [-0.3, -0.25) is 4.79 Å². The molecular formula is C20H19FN4O3S2. The highest BCUT2D eigenvalue weighted by Crippen LogP contribution is 2.34. The van der Waals surface area contributed by atoms with Crippen LogP contribution in [0.1, 0.15) is 24.1 Å². The number of amides is 1. The number of hydrogen-bond donors (Lipinski definition) is 2. The van der Waals surface area contributed by atoms with Gasteiger partial charge >= 0.3 is 0 Å². The van der Waals surface area contributed by atoms with Crippen molar-refractivity contribution in [3.05, 3.63) is 59.4 Å². The second-order valence-electron chi connectivity index (χ2n) is 6.54. The van der Waals surface area contributed by atoms with E-state index in [1.807, 2.05) is 25.1 Å². The highest BCUT2D eigenvalue weighted by molar-refractivity contribution is 8.01. The van der Waals surface area contributed by atoms with Crippen molar-refractivity contribution in [1.82, 2.24) is 15.5 Å². The molecule has 0 saturated heterocycles. The van der Waals surface area contributed by atoms with Crippen LogP contribution in [-0.2, 0) is 11.3 Å². The predicted molar refractivity (Wildman–Crippen MR) is 113 cm³/mol. The Hall–Kier alpha value is -2.85. The molecule has 0 saturated carbocycles. The number of carbonyl (C=O) groups is 1. The van der Waals surface area contributed by atoms with E-state index >= 15 is 0 Å². The van der Waals surface area contributed by atoms with Crippen molar-refractivity contribution in [3.63, 3.8) is 0 Å². The fourth-order valence-electron chi connectivity index (χ4n) is 2.80. The fraction of sp³-hybridized carbons (Fsp3) is 0.250. The summed E-state index contributed by atoms with van der Waals surface area (Å²) in [7, 11) is 0. The highest BCUT2D eigenvalue weighted by atomic mass is 32.2. The molecule has 3 aromatic rings. The predicted octanol–water partition coefficient (Wildman–Crippen LogP) is 3.99. The number of ether oxygens (including phenoxy) is 2. The molecule has 0 aliphatic carbocycles. The first kappa shape index (κ1) is 20.4. The molecule has 0 unspecified atom stereocenters. The first-order valence-electron chi connectivity index (χ1n) is 9.20. The van der Waals surface area contributed by atoms with Gasteiger partial charge in [0.1, 0.15) is 5.82 Å². The zero-order chi connectivity index (χ0) is 20.9. The summed E-state index contributed by atoms with van der Waals surface area (Å²) in [6.45, 7) is 2.66. The Balaban J connectivity index is 1.23. The van der Waals surface area contributed by atoms with Crippen LogP contribution in [0.2, 0.25) is 0 Å². The number of benzene rings is 2. The normalized spacial score (nSPS) is 13.1. The molecule has 1 amide bonds. The molecule has 0 radical (unpaired) electrons. The van der Waals surface area contributed by atoms with Crippen LogP contribution in [0.25, 0.3) is 0 Å². The third kappa shape index (κ3) is 5.19. The van der Waals surface area contributed by atoms with Gasteiger partial charge in [-0.1, -0.05) is 41.3 Å². The highest BCUT2D eigenvalue weighted by Gasteiger charge is 2.17. The maximum absolute atomic E-state index is 12.9. The van der Waals surface area contributed by atoms with Gasteiger partial charge in [0.2, 0.25) is 17.8 Å². The minimum Gasteiger partial charge on any atom is -0.454 e. The van der Waals surface area contributed by atoms with Crippen LogP contribution in [0.5, 0.6) is 11.5 Å². The molecular weight excluding hydrogens is 427 g/mol. The van der Waals surface area contributed by atoms with Gasteiger partial charge < -0.3 is 20.1 Å². The van der Waals surface area contributed by atoms with Crippen LogP contribution in [0, 0.1) is 5.82 Å². The lowest BCUT2D eigenvalue weighted by Gasteiger charge is -2.14. The first-order chi connectivity index (χ1) is 14.6. The minimum atomic E-state index is -0.264. The summed E-state index contributed by atoms with van der Waals surface area (Å²) in [4.78, 5) is 12.3. The van der Waals surface area contributed by atoms with Crippen LogP contribution in [0.15, 0.2) is 46.8 Å². The second-order valence-corrected chi connectivity index (χ2v) is 8.74. The molecule has 4 rings (SSSR count). The number of halogens is 1. The van der Waals surface area contributed by atoms with Gasteiger partial charge in [0, 0.05) is 6.54 Å². The van der Waals surface area contributed by atoms with Crippen LogP contribution in [0.3, 0.4) is 0 Å². The smallest absolute Gasteiger partial charge is 0.231 e. The van der Waals surface area contributed by atoms with Gasteiger partial charge in [-0.15, -0.1) is 10.2 Å². The van der Waals surface area contributed by atoms with E-state index in [1.165, 1.54) is 35.2 Å². The number of fused-ring (bicyclic) bond motifs is 1. The lowest BCUT2D eigenvalue weighted by Crippen LogP contribution is -2.28. The van der Waals surface area contributed by atoms with Crippen molar-refractivity contribution in [2.45, 2.75) is 23.8 Å². The minimum absolute atomic E-state index is 0.0961. The lowest BCUT2D eigenvalue weighted by molar-refractivity contribution is -0.119. The summed E-state index contributed by atoms with van der Waals surface area (Å²) in [5.74, 6) is 1.28. The number of thioether (sulfide) groups is 1. The molecule has 156 valence electrons. The Kier molecular flexibility index (Phi) is 6.34. The molecule has 1 aromatic heterocycles. The molecule has 0 spiro atoms. The Bertz CT molecular complexity index is 1030.